The van der Waals surface area contributed by atoms with Crippen LogP contribution in [0.1, 0.15) is 105 Å². The van der Waals surface area contributed by atoms with Gasteiger partial charge in [0.1, 0.15) is 0 Å². The van der Waals surface area contributed by atoms with Crippen LogP contribution >= 0.6 is 0 Å². The van der Waals surface area contributed by atoms with Crippen molar-refractivity contribution in [3.05, 3.63) is 0 Å². The van der Waals surface area contributed by atoms with E-state index >= 15 is 0 Å². The molecule has 0 saturated heterocycles. The van der Waals surface area contributed by atoms with Crippen molar-refractivity contribution in [3.63, 3.8) is 0 Å². The predicted molar refractivity (Wildman–Crippen MR) is 104 cm³/mol. The number of hydrogen-bond donors (Lipinski definition) is 2. The zero-order valence-electron chi connectivity index (χ0n) is 16.5. The van der Waals surface area contributed by atoms with Crippen LogP contribution in [-0.4, -0.2) is 25.5 Å². The van der Waals surface area contributed by atoms with Crippen LogP contribution in [0.2, 0.25) is 0 Å². The standard InChI is InChI=1S/C16H33NO.C4H11N/c1-3-5-6-7-8-9-10-11-12-13-14-15-16(18)17-4-2;1-3-5-4-2/h3-15H2,1-2H3,(H,17,18);5H,3-4H2,1-2H3. The molecule has 0 aliphatic carbocycles. The minimum absolute atomic E-state index is 0.216. The first-order valence-electron chi connectivity index (χ1n) is 10.2. The van der Waals surface area contributed by atoms with Gasteiger partial charge in [-0.1, -0.05) is 85.0 Å². The lowest BCUT2D eigenvalue weighted by molar-refractivity contribution is -0.121. The Hall–Kier alpha value is -0.570. The van der Waals surface area contributed by atoms with E-state index in [0.717, 1.165) is 26.1 Å². The third kappa shape index (κ3) is 26.6. The molecule has 0 unspecified atom stereocenters. The molecular formula is C20H44N2O. The first-order valence-corrected chi connectivity index (χ1v) is 10.2. The number of amides is 1. The van der Waals surface area contributed by atoms with E-state index in [1.54, 1.807) is 0 Å². The van der Waals surface area contributed by atoms with Crippen LogP contribution in [0.4, 0.5) is 0 Å². The molecule has 0 spiro atoms. The molecular weight excluding hydrogens is 284 g/mol. The summed E-state index contributed by atoms with van der Waals surface area (Å²) in [6.45, 7) is 11.4. The Bertz CT molecular complexity index is 218. The van der Waals surface area contributed by atoms with Crippen molar-refractivity contribution in [2.75, 3.05) is 19.6 Å². The van der Waals surface area contributed by atoms with Crippen molar-refractivity contribution in [2.45, 2.75) is 105 Å². The van der Waals surface area contributed by atoms with Gasteiger partial charge in [0.15, 0.2) is 0 Å². The fourth-order valence-corrected chi connectivity index (χ4v) is 2.49. The van der Waals surface area contributed by atoms with Gasteiger partial charge in [0.2, 0.25) is 5.91 Å². The van der Waals surface area contributed by atoms with Crippen molar-refractivity contribution >= 4 is 5.91 Å². The van der Waals surface area contributed by atoms with Crippen molar-refractivity contribution in [1.29, 1.82) is 0 Å². The Balaban J connectivity index is 0. The molecule has 2 N–H and O–H groups in total. The summed E-state index contributed by atoms with van der Waals surface area (Å²) in [5, 5.41) is 5.95. The molecule has 0 aliphatic heterocycles. The highest BCUT2D eigenvalue weighted by atomic mass is 16.1. The van der Waals surface area contributed by atoms with E-state index in [1.165, 1.54) is 64.2 Å². The van der Waals surface area contributed by atoms with Gasteiger partial charge in [0.25, 0.3) is 0 Å². The number of carbonyl (C=O) groups is 1. The van der Waals surface area contributed by atoms with Crippen LogP contribution in [0.3, 0.4) is 0 Å². The van der Waals surface area contributed by atoms with E-state index in [9.17, 15) is 4.79 Å². The predicted octanol–water partition coefficient (Wildman–Crippen LogP) is 5.44. The van der Waals surface area contributed by atoms with Crippen LogP contribution in [-0.2, 0) is 4.79 Å². The number of nitrogens with one attached hydrogen (secondary N) is 2. The molecule has 0 heterocycles. The summed E-state index contributed by atoms with van der Waals surface area (Å²) < 4.78 is 0. The first kappa shape index (κ1) is 24.7. The molecule has 0 bridgehead atoms. The third-order valence-corrected chi connectivity index (χ3v) is 3.88. The normalized spacial score (nSPS) is 10.1. The monoisotopic (exact) mass is 328 g/mol. The van der Waals surface area contributed by atoms with Gasteiger partial charge >= 0.3 is 0 Å². The second-order valence-corrected chi connectivity index (χ2v) is 6.20. The largest absolute Gasteiger partial charge is 0.356 e. The third-order valence-electron chi connectivity index (χ3n) is 3.88. The van der Waals surface area contributed by atoms with E-state index in [4.69, 9.17) is 0 Å². The van der Waals surface area contributed by atoms with Crippen LogP contribution < -0.4 is 10.6 Å². The van der Waals surface area contributed by atoms with E-state index < -0.39 is 0 Å². The van der Waals surface area contributed by atoms with Gasteiger partial charge in [-0.25, -0.2) is 0 Å². The molecule has 140 valence electrons. The number of hydrogen-bond acceptors (Lipinski definition) is 2. The van der Waals surface area contributed by atoms with E-state index in [-0.39, 0.29) is 5.91 Å². The van der Waals surface area contributed by atoms with Crippen molar-refractivity contribution in [3.8, 4) is 0 Å². The average Bonchev–Trinajstić information content (AvgIpc) is 2.54. The molecule has 0 aromatic rings. The maximum Gasteiger partial charge on any atom is 0.219 e. The Morgan fingerprint density at radius 2 is 1.04 bits per heavy atom. The van der Waals surface area contributed by atoms with Crippen LogP contribution in [0, 0.1) is 0 Å². The fourth-order valence-electron chi connectivity index (χ4n) is 2.49. The lowest BCUT2D eigenvalue weighted by atomic mass is 10.1. The summed E-state index contributed by atoms with van der Waals surface area (Å²) in [7, 11) is 0. The first-order chi connectivity index (χ1) is 11.2. The summed E-state index contributed by atoms with van der Waals surface area (Å²) in [5.74, 6) is 0.216. The highest BCUT2D eigenvalue weighted by Crippen LogP contribution is 2.11. The molecule has 0 fully saturated rings. The fraction of sp³-hybridized carbons (Fsp3) is 0.950. The average molecular weight is 329 g/mol. The minimum atomic E-state index is 0.216. The maximum absolute atomic E-state index is 11.2. The molecule has 0 rings (SSSR count). The van der Waals surface area contributed by atoms with Gasteiger partial charge in [-0.3, -0.25) is 4.79 Å². The summed E-state index contributed by atoms with van der Waals surface area (Å²) in [6.07, 6.45) is 15.4. The summed E-state index contributed by atoms with van der Waals surface area (Å²) >= 11 is 0. The summed E-state index contributed by atoms with van der Waals surface area (Å²) in [4.78, 5) is 11.2. The van der Waals surface area contributed by atoms with Gasteiger partial charge in [0.05, 0.1) is 0 Å². The van der Waals surface area contributed by atoms with Gasteiger partial charge in [-0.15, -0.1) is 0 Å². The molecule has 0 saturated carbocycles. The molecule has 3 heteroatoms. The second kappa shape index (κ2) is 23.7. The minimum Gasteiger partial charge on any atom is -0.356 e. The molecule has 0 aliphatic rings. The topological polar surface area (TPSA) is 41.1 Å². The summed E-state index contributed by atoms with van der Waals surface area (Å²) in [5.41, 5.74) is 0. The highest BCUT2D eigenvalue weighted by molar-refractivity contribution is 5.75. The Morgan fingerprint density at radius 1 is 0.609 bits per heavy atom. The molecule has 1 amide bonds. The van der Waals surface area contributed by atoms with Crippen LogP contribution in [0.25, 0.3) is 0 Å². The summed E-state index contributed by atoms with van der Waals surface area (Å²) in [6, 6.07) is 0. The molecule has 23 heavy (non-hydrogen) atoms. The van der Waals surface area contributed by atoms with Gasteiger partial charge in [0, 0.05) is 13.0 Å². The van der Waals surface area contributed by atoms with E-state index in [0.29, 0.717) is 6.42 Å². The number of carbonyl (C=O) groups excluding carboxylic acids is 1. The Labute approximate surface area is 146 Å². The van der Waals surface area contributed by atoms with Crippen LogP contribution in [0.15, 0.2) is 0 Å². The SMILES string of the molecule is CCCCCCCCCCCCCC(=O)NCC.CCNCC. The molecule has 0 radical (unpaired) electrons. The smallest absolute Gasteiger partial charge is 0.219 e. The number of unbranched alkanes of at least 4 members (excludes halogenated alkanes) is 10. The van der Waals surface area contributed by atoms with Gasteiger partial charge < -0.3 is 10.6 Å². The van der Waals surface area contributed by atoms with Gasteiger partial charge in [-0.2, -0.15) is 0 Å². The lowest BCUT2D eigenvalue weighted by Crippen LogP contribution is -2.21. The number of rotatable bonds is 15. The highest BCUT2D eigenvalue weighted by Gasteiger charge is 1.98. The molecule has 0 atom stereocenters. The zero-order valence-corrected chi connectivity index (χ0v) is 16.5. The molecule has 0 aromatic carbocycles. The van der Waals surface area contributed by atoms with E-state index in [2.05, 4.69) is 31.4 Å². The lowest BCUT2D eigenvalue weighted by Gasteiger charge is -2.03. The van der Waals surface area contributed by atoms with Gasteiger partial charge in [-0.05, 0) is 26.4 Å². The van der Waals surface area contributed by atoms with E-state index in [1.807, 2.05) is 6.92 Å². The van der Waals surface area contributed by atoms with Crippen molar-refractivity contribution in [1.82, 2.24) is 10.6 Å². The van der Waals surface area contributed by atoms with Crippen molar-refractivity contribution in [2.24, 2.45) is 0 Å². The van der Waals surface area contributed by atoms with Crippen molar-refractivity contribution < 1.29 is 4.79 Å². The quantitative estimate of drug-likeness (QED) is 0.393. The second-order valence-electron chi connectivity index (χ2n) is 6.20. The molecule has 3 nitrogen and oxygen atoms in total. The zero-order chi connectivity index (χ0) is 17.6. The maximum atomic E-state index is 11.2. The van der Waals surface area contributed by atoms with Crippen LogP contribution in [0.5, 0.6) is 0 Å². The Morgan fingerprint density at radius 3 is 1.39 bits per heavy atom. The Kier molecular flexibility index (Phi) is 25.4. The molecule has 0 aromatic heterocycles.